The van der Waals surface area contributed by atoms with Crippen molar-refractivity contribution in [2.45, 2.75) is 200 Å². The van der Waals surface area contributed by atoms with E-state index in [-0.39, 0.29) is 26.1 Å². The third-order valence-electron chi connectivity index (χ3n) is 12.1. The van der Waals surface area contributed by atoms with Crippen molar-refractivity contribution in [1.82, 2.24) is 0 Å². The Morgan fingerprint density at radius 2 is 0.659 bits per heavy atom. The van der Waals surface area contributed by atoms with E-state index in [0.29, 0.717) is 23.9 Å². The fourth-order valence-electron chi connectivity index (χ4n) is 7.39. The van der Waals surface area contributed by atoms with E-state index < -0.39 is 32.5 Å². The van der Waals surface area contributed by atoms with Crippen molar-refractivity contribution in [3.63, 3.8) is 0 Å². The predicted octanol–water partition coefficient (Wildman–Crippen LogP) is 19.5. The van der Waals surface area contributed by atoms with Crippen molar-refractivity contribution in [1.29, 1.82) is 0 Å². The predicted molar refractivity (Wildman–Crippen MR) is 350 cm³/mol. The maximum atomic E-state index is 12.8. The van der Waals surface area contributed by atoms with Gasteiger partial charge in [0.1, 0.15) is 19.8 Å². The number of ether oxygens (including phenoxy) is 2. The zero-order valence-corrected chi connectivity index (χ0v) is 52.7. The summed E-state index contributed by atoms with van der Waals surface area (Å²) in [6, 6.07) is 0. The highest BCUT2D eigenvalue weighted by Crippen LogP contribution is 2.38. The Labute approximate surface area is 501 Å². The van der Waals surface area contributed by atoms with Gasteiger partial charge in [-0.2, -0.15) is 0 Å². The summed E-state index contributed by atoms with van der Waals surface area (Å²) in [6.07, 6.45) is 94.8. The lowest BCUT2D eigenvalue weighted by Crippen LogP contribution is -2.37. The van der Waals surface area contributed by atoms with Crippen LogP contribution in [0.25, 0.3) is 0 Å². The number of rotatable bonds is 54. The molecule has 9 nitrogen and oxygen atoms in total. The van der Waals surface area contributed by atoms with E-state index in [2.05, 4.69) is 208 Å². The summed E-state index contributed by atoms with van der Waals surface area (Å²) >= 11 is 0. The van der Waals surface area contributed by atoms with E-state index in [1.54, 1.807) is 0 Å². The molecule has 0 rings (SSSR count). The van der Waals surface area contributed by atoms with Crippen LogP contribution in [-0.4, -0.2) is 70.0 Å². The van der Waals surface area contributed by atoms with Crippen LogP contribution in [0.2, 0.25) is 0 Å². The molecule has 0 aromatic carbocycles. The van der Waals surface area contributed by atoms with Gasteiger partial charge in [-0.15, -0.1) is 0 Å². The van der Waals surface area contributed by atoms with Crippen LogP contribution in [-0.2, 0) is 32.7 Å². The van der Waals surface area contributed by atoms with Crippen molar-refractivity contribution < 1.29 is 42.1 Å². The molecule has 2 atom stereocenters. The molecule has 458 valence electrons. The topological polar surface area (TPSA) is 111 Å². The highest BCUT2D eigenvalue weighted by atomic mass is 31.2. The summed E-state index contributed by atoms with van der Waals surface area (Å²) in [4.78, 5) is 38.0. The van der Waals surface area contributed by atoms with E-state index in [4.69, 9.17) is 18.5 Å². The van der Waals surface area contributed by atoms with Crippen molar-refractivity contribution >= 4 is 19.8 Å². The second kappa shape index (κ2) is 60.4. The van der Waals surface area contributed by atoms with Crippen molar-refractivity contribution in [2.24, 2.45) is 0 Å². The number of carbonyl (C=O) groups is 2. The van der Waals surface area contributed by atoms with Crippen LogP contribution in [0.15, 0.2) is 194 Å². The molecule has 0 radical (unpaired) electrons. The van der Waals surface area contributed by atoms with Crippen LogP contribution in [0.1, 0.15) is 194 Å². The number of nitrogens with zero attached hydrogens (tertiary/aromatic N) is 1. The largest absolute Gasteiger partial charge is 0.756 e. The summed E-state index contributed by atoms with van der Waals surface area (Å²) < 4.78 is 34.1. The monoisotopic (exact) mass is 1150 g/mol. The van der Waals surface area contributed by atoms with E-state index in [1.807, 2.05) is 21.1 Å². The first kappa shape index (κ1) is 76.9. The third kappa shape index (κ3) is 64.0. The molecule has 2 unspecified atom stereocenters. The van der Waals surface area contributed by atoms with Crippen molar-refractivity contribution in [3.05, 3.63) is 194 Å². The second-order valence-electron chi connectivity index (χ2n) is 20.9. The van der Waals surface area contributed by atoms with Gasteiger partial charge in [-0.25, -0.2) is 0 Å². The molecule has 0 saturated heterocycles. The lowest BCUT2D eigenvalue weighted by atomic mass is 10.1. The molecule has 0 aliphatic heterocycles. The molecular formula is C72H112NO8P. The Kier molecular flexibility index (Phi) is 56.6. The first-order valence-corrected chi connectivity index (χ1v) is 32.6. The minimum Gasteiger partial charge on any atom is -0.756 e. The van der Waals surface area contributed by atoms with Crippen molar-refractivity contribution in [2.75, 3.05) is 47.5 Å². The van der Waals surface area contributed by atoms with E-state index >= 15 is 0 Å². The van der Waals surface area contributed by atoms with Crippen molar-refractivity contribution in [3.8, 4) is 0 Å². The Balaban J connectivity index is 4.33. The SMILES string of the molecule is CC/C=C\C/C=C\C/C=C\C/C=C\C/C=C\C/C=C\C/C=C\C/C=C\C/C=C\CCCCCC(=O)OC(COC(=O)CCCCCCC/C=C\C/C=C\C/C=C\C/C=C\C/C=C\C/C=C\C/C=C\CC)COP(=O)([O-])OCC[N+](C)(C)C. The van der Waals surface area contributed by atoms with Crippen LogP contribution < -0.4 is 4.89 Å². The van der Waals surface area contributed by atoms with Gasteiger partial charge in [-0.1, -0.05) is 234 Å². The number of allylic oxidation sites excluding steroid dienone is 32. The Morgan fingerprint density at radius 1 is 0.378 bits per heavy atom. The minimum absolute atomic E-state index is 0.0538. The Hall–Kier alpha value is -5.15. The molecule has 0 N–H and O–H groups in total. The Bertz CT molecular complexity index is 2080. The minimum atomic E-state index is -4.67. The second-order valence-corrected chi connectivity index (χ2v) is 22.4. The number of likely N-dealkylation sites (N-methyl/N-ethyl adjacent to an activating group) is 1. The summed E-state index contributed by atoms with van der Waals surface area (Å²) in [5.41, 5.74) is 0. The molecule has 82 heavy (non-hydrogen) atoms. The molecule has 0 aliphatic rings. The van der Waals surface area contributed by atoms with E-state index in [9.17, 15) is 19.0 Å². The van der Waals surface area contributed by atoms with E-state index in [1.165, 1.54) is 0 Å². The molecule has 10 heteroatoms. The molecular weight excluding hydrogens is 1040 g/mol. The summed E-state index contributed by atoms with van der Waals surface area (Å²) in [7, 11) is 1.10. The van der Waals surface area contributed by atoms with Crippen LogP contribution in [0, 0.1) is 0 Å². The van der Waals surface area contributed by atoms with Crippen LogP contribution in [0.4, 0.5) is 0 Å². The fourth-order valence-corrected chi connectivity index (χ4v) is 8.12. The first-order valence-electron chi connectivity index (χ1n) is 31.1. The molecule has 0 saturated carbocycles. The quantitative estimate of drug-likeness (QED) is 0.0195. The average molecular weight is 1150 g/mol. The molecule has 0 heterocycles. The number of phosphoric acid groups is 1. The van der Waals surface area contributed by atoms with Gasteiger partial charge in [-0.3, -0.25) is 14.2 Å². The maximum absolute atomic E-state index is 12.8. The average Bonchev–Trinajstić information content (AvgIpc) is 3.46. The summed E-state index contributed by atoms with van der Waals surface area (Å²) in [5.74, 6) is -0.914. The zero-order chi connectivity index (χ0) is 59.8. The summed E-state index contributed by atoms with van der Waals surface area (Å²) in [5, 5.41) is 0. The number of quaternary nitrogens is 1. The maximum Gasteiger partial charge on any atom is 0.306 e. The Morgan fingerprint density at radius 3 is 0.988 bits per heavy atom. The number of hydrogen-bond donors (Lipinski definition) is 0. The van der Waals surface area contributed by atoms with Gasteiger partial charge in [0.25, 0.3) is 7.82 Å². The van der Waals surface area contributed by atoms with Gasteiger partial charge in [-0.05, 0) is 141 Å². The molecule has 0 aromatic heterocycles. The summed E-state index contributed by atoms with van der Waals surface area (Å²) in [6.45, 7) is 3.91. The normalized spacial score (nSPS) is 14.6. The van der Waals surface area contributed by atoms with Gasteiger partial charge in [0.2, 0.25) is 0 Å². The molecule has 0 aromatic rings. The lowest BCUT2D eigenvalue weighted by Gasteiger charge is -2.28. The molecule has 0 spiro atoms. The highest BCUT2D eigenvalue weighted by Gasteiger charge is 2.21. The molecule has 0 bridgehead atoms. The van der Waals surface area contributed by atoms with Gasteiger partial charge in [0.05, 0.1) is 27.7 Å². The van der Waals surface area contributed by atoms with E-state index in [0.717, 1.165) is 154 Å². The fraction of sp³-hybridized carbons (Fsp3) is 0.528. The smallest absolute Gasteiger partial charge is 0.306 e. The molecule has 0 aliphatic carbocycles. The number of esters is 2. The van der Waals surface area contributed by atoms with Gasteiger partial charge < -0.3 is 27.9 Å². The van der Waals surface area contributed by atoms with Gasteiger partial charge in [0.15, 0.2) is 6.10 Å². The molecule has 0 amide bonds. The number of phosphoric ester groups is 1. The third-order valence-corrected chi connectivity index (χ3v) is 13.1. The highest BCUT2D eigenvalue weighted by molar-refractivity contribution is 7.45. The molecule has 0 fully saturated rings. The van der Waals surface area contributed by atoms with Gasteiger partial charge in [0, 0.05) is 12.8 Å². The van der Waals surface area contributed by atoms with Crippen LogP contribution in [0.5, 0.6) is 0 Å². The number of carbonyl (C=O) groups excluding carboxylic acids is 2. The lowest BCUT2D eigenvalue weighted by molar-refractivity contribution is -0.870. The van der Waals surface area contributed by atoms with Crippen LogP contribution >= 0.6 is 7.82 Å². The zero-order valence-electron chi connectivity index (χ0n) is 51.8. The first-order chi connectivity index (χ1) is 40.0. The van der Waals surface area contributed by atoms with Gasteiger partial charge >= 0.3 is 11.9 Å². The standard InChI is InChI=1S/C72H112NO8P/c1-6-8-10-12-14-16-18-20-22-24-26-28-30-32-34-35-36-37-39-41-43-45-47-49-51-53-55-57-59-61-63-65-72(75)81-70(69-80-82(76,77)79-67-66-73(3,4)5)68-78-71(74)64-62-60-58-56-54-52-50-48-46-44-42-40-38-33-31-29-27-25-23-21-19-17-15-13-11-9-7-2/h8-11,14-17,20-23,26-29,32-34,36-38,41-44,47-50,53,55,70H,6-7,12-13,18-19,24-25,30-31,35,39-40,45-46,51-52,54,56-69H2,1-5H3/b10-8-,11-9-,16-14-,17-15-,22-20-,23-21-,28-26-,29-27-,34-32-,37-36-,38-33-,43-41-,44-42-,49-47-,50-48-,55-53-. The number of hydrogen-bond acceptors (Lipinski definition) is 8. The number of unbranched alkanes of at least 4 members (excludes halogenated alkanes) is 8. The van der Waals surface area contributed by atoms with Crippen LogP contribution in [0.3, 0.4) is 0 Å².